The maximum Gasteiger partial charge on any atom is 0.252 e. The first kappa shape index (κ1) is 36.5. The van der Waals surface area contributed by atoms with Crippen molar-refractivity contribution in [1.29, 1.82) is 0 Å². The number of nitrogens with zero attached hydrogens (tertiary/aromatic N) is 2. The second-order valence-electron chi connectivity index (χ2n) is 19.0. The molecule has 0 spiro atoms. The van der Waals surface area contributed by atoms with Crippen LogP contribution >= 0.6 is 11.3 Å². The highest BCUT2D eigenvalue weighted by atomic mass is 32.1. The lowest BCUT2D eigenvalue weighted by Crippen LogP contribution is -2.61. The molecule has 8 aromatic carbocycles. The monoisotopic (exact) mass is 802 g/mol. The molecule has 61 heavy (non-hydrogen) atoms. The van der Waals surface area contributed by atoms with Gasteiger partial charge in [-0.3, -0.25) is 0 Å². The van der Waals surface area contributed by atoms with Crippen LogP contribution in [-0.2, 0) is 10.8 Å². The lowest BCUT2D eigenvalue weighted by molar-refractivity contribution is 0.403. The Kier molecular flexibility index (Phi) is 7.82. The highest BCUT2D eigenvalue weighted by Gasteiger charge is 2.48. The lowest BCUT2D eigenvalue weighted by Gasteiger charge is -2.45. The minimum atomic E-state index is 0.0209. The Morgan fingerprint density at radius 3 is 1.77 bits per heavy atom. The van der Waals surface area contributed by atoms with Gasteiger partial charge in [0.2, 0.25) is 0 Å². The Labute approximate surface area is 363 Å². The Bertz CT molecular complexity index is 3270. The number of thiophene rings is 1. The highest BCUT2D eigenvalue weighted by molar-refractivity contribution is 7.26. The smallest absolute Gasteiger partial charge is 0.252 e. The van der Waals surface area contributed by atoms with Gasteiger partial charge >= 0.3 is 0 Å². The first-order chi connectivity index (χ1) is 29.6. The normalized spacial score (nSPS) is 15.5. The van der Waals surface area contributed by atoms with Gasteiger partial charge in [0.15, 0.2) is 0 Å². The van der Waals surface area contributed by atoms with Gasteiger partial charge < -0.3 is 9.80 Å². The SMILES string of the molecule is Cc1cc2c3c(c1)N(c1cccc4sc5ccccc5c14)c1ccc(-c4ccccc4)cc1B3c1cc3c(cc1N2c1cc(-c2ccccc2)ccc1C)C(C)(C)CC3(C)C. The fourth-order valence-electron chi connectivity index (χ4n) is 11.5. The van der Waals surface area contributed by atoms with Crippen molar-refractivity contribution < 1.29 is 0 Å². The summed E-state index contributed by atoms with van der Waals surface area (Å²) in [6, 6.07) is 62.1. The average Bonchev–Trinajstić information content (AvgIpc) is 3.73. The van der Waals surface area contributed by atoms with Crippen LogP contribution in [0, 0.1) is 13.8 Å². The summed E-state index contributed by atoms with van der Waals surface area (Å²) in [5, 5.41) is 2.63. The Morgan fingerprint density at radius 1 is 0.459 bits per heavy atom. The van der Waals surface area contributed by atoms with Crippen molar-refractivity contribution in [2.24, 2.45) is 0 Å². The number of rotatable bonds is 4. The molecule has 0 unspecified atom stereocenters. The molecule has 9 aromatic rings. The Morgan fingerprint density at radius 2 is 1.05 bits per heavy atom. The molecular formula is C57H47BN2S. The van der Waals surface area contributed by atoms with Crippen LogP contribution < -0.4 is 26.2 Å². The van der Waals surface area contributed by atoms with E-state index in [4.69, 9.17) is 0 Å². The van der Waals surface area contributed by atoms with Gasteiger partial charge in [0.25, 0.3) is 6.71 Å². The van der Waals surface area contributed by atoms with Gasteiger partial charge in [-0.25, -0.2) is 0 Å². The largest absolute Gasteiger partial charge is 0.311 e. The number of hydrogen-bond acceptors (Lipinski definition) is 3. The molecular weight excluding hydrogens is 756 g/mol. The van der Waals surface area contributed by atoms with Crippen LogP contribution in [0.3, 0.4) is 0 Å². The molecule has 1 aromatic heterocycles. The molecule has 4 heteroatoms. The van der Waals surface area contributed by atoms with E-state index in [1.54, 1.807) is 0 Å². The average molecular weight is 803 g/mol. The van der Waals surface area contributed by atoms with Gasteiger partial charge in [-0.15, -0.1) is 11.3 Å². The molecule has 0 saturated carbocycles. The van der Waals surface area contributed by atoms with Crippen LogP contribution in [0.1, 0.15) is 56.4 Å². The van der Waals surface area contributed by atoms with E-state index in [2.05, 4.69) is 215 Å². The number of fused-ring (bicyclic) bond motifs is 8. The molecule has 2 nitrogen and oxygen atoms in total. The summed E-state index contributed by atoms with van der Waals surface area (Å²) in [6.45, 7) is 14.4. The molecule has 0 atom stereocenters. The molecule has 2 aliphatic heterocycles. The van der Waals surface area contributed by atoms with Gasteiger partial charge in [-0.2, -0.15) is 0 Å². The molecule has 0 fully saturated rings. The van der Waals surface area contributed by atoms with E-state index >= 15 is 0 Å². The van der Waals surface area contributed by atoms with Crippen LogP contribution in [0.15, 0.2) is 164 Å². The van der Waals surface area contributed by atoms with E-state index in [1.807, 2.05) is 11.3 Å². The fraction of sp³-hybridized carbons (Fsp3) is 0.158. The van der Waals surface area contributed by atoms with Gasteiger partial charge in [0, 0.05) is 48.6 Å². The summed E-state index contributed by atoms with van der Waals surface area (Å²) in [5.74, 6) is 0. The Balaban J connectivity index is 1.22. The zero-order valence-corrected chi connectivity index (χ0v) is 36.5. The molecule has 294 valence electrons. The molecule has 0 radical (unpaired) electrons. The van der Waals surface area contributed by atoms with Crippen LogP contribution in [0.5, 0.6) is 0 Å². The second-order valence-corrected chi connectivity index (χ2v) is 20.1. The maximum atomic E-state index is 2.64. The lowest BCUT2D eigenvalue weighted by atomic mass is 9.33. The van der Waals surface area contributed by atoms with Crippen LogP contribution in [0.4, 0.5) is 34.1 Å². The van der Waals surface area contributed by atoms with Crippen molar-refractivity contribution in [2.75, 3.05) is 9.80 Å². The quantitative estimate of drug-likeness (QED) is 0.164. The van der Waals surface area contributed by atoms with Crippen molar-refractivity contribution in [3.05, 3.63) is 186 Å². The topological polar surface area (TPSA) is 6.48 Å². The second kappa shape index (κ2) is 13.1. The predicted octanol–water partition coefficient (Wildman–Crippen LogP) is 14.0. The fourth-order valence-corrected chi connectivity index (χ4v) is 12.7. The van der Waals surface area contributed by atoms with E-state index in [1.165, 1.54) is 115 Å². The molecule has 0 N–H and O–H groups in total. The van der Waals surface area contributed by atoms with E-state index in [-0.39, 0.29) is 17.5 Å². The van der Waals surface area contributed by atoms with Crippen molar-refractivity contribution in [2.45, 2.75) is 58.8 Å². The van der Waals surface area contributed by atoms with E-state index in [0.29, 0.717) is 0 Å². The summed E-state index contributed by atoms with van der Waals surface area (Å²) in [7, 11) is 0. The maximum absolute atomic E-state index is 2.64. The van der Waals surface area contributed by atoms with Gasteiger partial charge in [-0.05, 0) is 141 Å². The zero-order chi connectivity index (χ0) is 41.4. The van der Waals surface area contributed by atoms with Gasteiger partial charge in [0.1, 0.15) is 0 Å². The summed E-state index contributed by atoms with van der Waals surface area (Å²) < 4.78 is 2.63. The first-order valence-corrected chi connectivity index (χ1v) is 22.6. The molecule has 1 aliphatic carbocycles. The van der Waals surface area contributed by atoms with Crippen LogP contribution in [0.2, 0.25) is 0 Å². The number of hydrogen-bond donors (Lipinski definition) is 0. The van der Waals surface area contributed by atoms with E-state index < -0.39 is 0 Å². The third-order valence-electron chi connectivity index (χ3n) is 14.0. The van der Waals surface area contributed by atoms with Crippen LogP contribution in [-0.4, -0.2) is 6.71 Å². The Hall–Kier alpha value is -6.36. The number of aryl methyl sites for hydroxylation is 2. The molecule has 0 saturated heterocycles. The predicted molar refractivity (Wildman–Crippen MR) is 264 cm³/mol. The third-order valence-corrected chi connectivity index (χ3v) is 15.1. The molecule has 12 rings (SSSR count). The number of benzene rings is 8. The molecule has 0 amide bonds. The van der Waals surface area contributed by atoms with E-state index in [9.17, 15) is 0 Å². The third kappa shape index (κ3) is 5.41. The standard InChI is InChI=1S/C57H47BN2S/c1-35-28-50-55-51(29-35)60(48-31-40(25-24-36(48)2)38-18-11-8-12-19-38)49-33-43-42(56(3,4)34-57(43,5)6)32-45(49)58(55)44-30-39(37-16-9-7-10-17-37)26-27-46(44)59(50)47-21-15-23-53-54(47)41-20-13-14-22-52(41)61-53/h7-33H,34H2,1-6H3. The molecule has 3 heterocycles. The molecule has 3 aliphatic rings. The summed E-state index contributed by atoms with van der Waals surface area (Å²) in [6.07, 6.45) is 1.11. The summed E-state index contributed by atoms with van der Waals surface area (Å²) in [5.41, 5.74) is 22.1. The van der Waals surface area contributed by atoms with Crippen molar-refractivity contribution in [1.82, 2.24) is 0 Å². The van der Waals surface area contributed by atoms with Crippen molar-refractivity contribution >= 4 is 88.7 Å². The zero-order valence-electron chi connectivity index (χ0n) is 35.7. The minimum Gasteiger partial charge on any atom is -0.311 e. The minimum absolute atomic E-state index is 0.0209. The van der Waals surface area contributed by atoms with Crippen molar-refractivity contribution in [3.8, 4) is 22.3 Å². The van der Waals surface area contributed by atoms with E-state index in [0.717, 1.165) is 6.42 Å². The summed E-state index contributed by atoms with van der Waals surface area (Å²) >= 11 is 1.89. The highest BCUT2D eigenvalue weighted by Crippen LogP contribution is 2.54. The van der Waals surface area contributed by atoms with Crippen LogP contribution in [0.25, 0.3) is 42.4 Å². The van der Waals surface area contributed by atoms with Gasteiger partial charge in [0.05, 0.1) is 5.69 Å². The first-order valence-electron chi connectivity index (χ1n) is 21.8. The number of anilines is 6. The van der Waals surface area contributed by atoms with Gasteiger partial charge in [-0.1, -0.05) is 143 Å². The van der Waals surface area contributed by atoms with Crippen molar-refractivity contribution in [3.63, 3.8) is 0 Å². The molecule has 0 bridgehead atoms. The summed E-state index contributed by atoms with van der Waals surface area (Å²) in [4.78, 5) is 5.26.